The Morgan fingerprint density at radius 2 is 2.11 bits per heavy atom. The number of allylic oxidation sites excluding steroid dienone is 1. The largest absolute Gasteiger partial charge is 0.323 e. The third-order valence-corrected chi connectivity index (χ3v) is 3.53. The van der Waals surface area contributed by atoms with Crippen molar-refractivity contribution in [2.45, 2.75) is 24.7 Å². The van der Waals surface area contributed by atoms with E-state index in [4.69, 9.17) is 5.26 Å². The second-order valence-electron chi connectivity index (χ2n) is 4.48. The molecule has 1 fully saturated rings. The van der Waals surface area contributed by atoms with Crippen molar-refractivity contribution in [3.05, 3.63) is 36.0 Å². The van der Waals surface area contributed by atoms with E-state index in [0.29, 0.717) is 11.6 Å². The zero-order valence-corrected chi connectivity index (χ0v) is 11.5. The number of urea groups is 1. The van der Waals surface area contributed by atoms with E-state index >= 15 is 0 Å². The number of thiocyanates is 1. The molecule has 1 aliphatic rings. The van der Waals surface area contributed by atoms with Crippen LogP contribution < -0.4 is 10.6 Å². The molecule has 98 valence electrons. The lowest BCUT2D eigenvalue weighted by Crippen LogP contribution is -2.24. The van der Waals surface area contributed by atoms with Gasteiger partial charge in [0.25, 0.3) is 0 Å². The van der Waals surface area contributed by atoms with Gasteiger partial charge >= 0.3 is 6.03 Å². The number of amides is 2. The van der Waals surface area contributed by atoms with E-state index in [1.807, 2.05) is 12.3 Å². The number of hydrogen-bond donors (Lipinski definition) is 2. The van der Waals surface area contributed by atoms with Crippen molar-refractivity contribution >= 4 is 23.5 Å². The molecule has 1 aromatic rings. The summed E-state index contributed by atoms with van der Waals surface area (Å²) < 4.78 is 0. The van der Waals surface area contributed by atoms with Gasteiger partial charge in [-0.3, -0.25) is 0 Å². The van der Waals surface area contributed by atoms with E-state index in [-0.39, 0.29) is 6.03 Å². The van der Waals surface area contributed by atoms with Crippen LogP contribution in [0.4, 0.5) is 10.5 Å². The summed E-state index contributed by atoms with van der Waals surface area (Å²) in [6, 6.07) is 6.90. The van der Waals surface area contributed by atoms with E-state index in [9.17, 15) is 4.79 Å². The average molecular weight is 273 g/mol. The molecule has 0 spiro atoms. The van der Waals surface area contributed by atoms with Gasteiger partial charge in [-0.1, -0.05) is 5.57 Å². The van der Waals surface area contributed by atoms with Gasteiger partial charge in [0.1, 0.15) is 5.40 Å². The number of carbonyl (C=O) groups excluding carboxylic acids is 1. The predicted octanol–water partition coefficient (Wildman–Crippen LogP) is 3.70. The number of nitrogens with zero attached hydrogens (tertiary/aromatic N) is 1. The van der Waals surface area contributed by atoms with Crippen LogP contribution >= 0.6 is 11.8 Å². The fraction of sp³-hybridized carbons (Fsp3) is 0.286. The first kappa shape index (κ1) is 13.5. The summed E-state index contributed by atoms with van der Waals surface area (Å²) in [5, 5.41) is 16.0. The molecule has 5 heteroatoms. The number of anilines is 1. The summed E-state index contributed by atoms with van der Waals surface area (Å²) in [5.41, 5.74) is 1.92. The van der Waals surface area contributed by atoms with Gasteiger partial charge in [0, 0.05) is 16.8 Å². The van der Waals surface area contributed by atoms with Crippen LogP contribution in [-0.4, -0.2) is 6.03 Å². The fourth-order valence-electron chi connectivity index (χ4n) is 1.66. The quantitative estimate of drug-likeness (QED) is 0.649. The van der Waals surface area contributed by atoms with Gasteiger partial charge in [-0.05, 0) is 61.7 Å². The van der Waals surface area contributed by atoms with Gasteiger partial charge in [-0.15, -0.1) is 0 Å². The number of hydrogen-bond acceptors (Lipinski definition) is 3. The third-order valence-electron chi connectivity index (χ3n) is 2.93. The molecule has 0 heterocycles. The highest BCUT2D eigenvalue weighted by Gasteiger charge is 2.22. The zero-order valence-electron chi connectivity index (χ0n) is 10.6. The van der Waals surface area contributed by atoms with Crippen molar-refractivity contribution in [1.29, 1.82) is 5.26 Å². The van der Waals surface area contributed by atoms with E-state index in [1.54, 1.807) is 30.5 Å². The molecule has 2 amide bonds. The molecular formula is C14H15N3OS. The molecule has 0 atom stereocenters. The first-order valence-corrected chi connectivity index (χ1v) is 6.91. The van der Waals surface area contributed by atoms with Crippen molar-refractivity contribution in [3.8, 4) is 5.40 Å². The number of rotatable bonds is 4. The molecule has 19 heavy (non-hydrogen) atoms. The smallest absolute Gasteiger partial charge is 0.314 e. The Kier molecular flexibility index (Phi) is 4.48. The first-order chi connectivity index (χ1) is 9.19. The maximum absolute atomic E-state index is 11.6. The molecule has 2 N–H and O–H groups in total. The molecule has 0 bridgehead atoms. The summed E-state index contributed by atoms with van der Waals surface area (Å²) in [4.78, 5) is 12.5. The van der Waals surface area contributed by atoms with E-state index < -0.39 is 0 Å². The summed E-state index contributed by atoms with van der Waals surface area (Å²) in [5.74, 6) is 0.655. The van der Waals surface area contributed by atoms with Gasteiger partial charge in [0.05, 0.1) is 0 Å². The molecule has 1 saturated carbocycles. The van der Waals surface area contributed by atoms with Crippen LogP contribution in [0.25, 0.3) is 0 Å². The Labute approximate surface area is 116 Å². The highest BCUT2D eigenvalue weighted by Crippen LogP contribution is 2.35. The lowest BCUT2D eigenvalue weighted by atomic mass is 10.2. The standard InChI is InChI=1S/C14H15N3OS/c1-10(11-2-3-11)8-16-14(18)17-12-4-6-13(7-5-12)19-9-15/h4-8,11H,2-3H2,1H3,(H2,16,17,18)/b10-8+. The molecule has 1 aliphatic carbocycles. The maximum Gasteiger partial charge on any atom is 0.323 e. The Morgan fingerprint density at radius 1 is 1.42 bits per heavy atom. The second-order valence-corrected chi connectivity index (χ2v) is 5.34. The van der Waals surface area contributed by atoms with Crippen molar-refractivity contribution in [2.75, 3.05) is 5.32 Å². The topological polar surface area (TPSA) is 64.9 Å². The summed E-state index contributed by atoms with van der Waals surface area (Å²) >= 11 is 1.09. The van der Waals surface area contributed by atoms with E-state index in [2.05, 4.69) is 10.6 Å². The Bertz CT molecular complexity index is 527. The molecule has 1 aromatic carbocycles. The van der Waals surface area contributed by atoms with Crippen LogP contribution in [0.5, 0.6) is 0 Å². The van der Waals surface area contributed by atoms with Crippen LogP contribution in [0.3, 0.4) is 0 Å². The number of benzene rings is 1. The minimum absolute atomic E-state index is 0.249. The highest BCUT2D eigenvalue weighted by molar-refractivity contribution is 8.03. The van der Waals surface area contributed by atoms with Gasteiger partial charge in [0.15, 0.2) is 0 Å². The Balaban J connectivity index is 1.84. The predicted molar refractivity (Wildman–Crippen MR) is 76.5 cm³/mol. The van der Waals surface area contributed by atoms with Crippen LogP contribution in [0, 0.1) is 16.6 Å². The number of carbonyl (C=O) groups is 1. The molecule has 0 unspecified atom stereocenters. The molecule has 4 nitrogen and oxygen atoms in total. The van der Waals surface area contributed by atoms with Crippen molar-refractivity contribution in [2.24, 2.45) is 5.92 Å². The van der Waals surface area contributed by atoms with Gasteiger partial charge in [-0.2, -0.15) is 5.26 Å². The minimum Gasteiger partial charge on any atom is -0.314 e. The molecule has 2 rings (SSSR count). The normalized spacial score (nSPS) is 14.6. The van der Waals surface area contributed by atoms with Gasteiger partial charge in [-0.25, -0.2) is 4.79 Å². The lowest BCUT2D eigenvalue weighted by Gasteiger charge is -2.06. The molecule has 0 aliphatic heterocycles. The summed E-state index contributed by atoms with van der Waals surface area (Å²) in [6.07, 6.45) is 4.22. The second kappa shape index (κ2) is 6.30. The van der Waals surface area contributed by atoms with Crippen LogP contribution in [-0.2, 0) is 0 Å². The Hall–Kier alpha value is -1.93. The molecule has 0 saturated heterocycles. The van der Waals surface area contributed by atoms with Crippen LogP contribution in [0.1, 0.15) is 19.8 Å². The maximum atomic E-state index is 11.6. The minimum atomic E-state index is -0.249. The highest BCUT2D eigenvalue weighted by atomic mass is 32.2. The Morgan fingerprint density at radius 3 is 2.68 bits per heavy atom. The number of thioether (sulfide) groups is 1. The van der Waals surface area contributed by atoms with E-state index in [0.717, 1.165) is 16.7 Å². The van der Waals surface area contributed by atoms with Crippen LogP contribution in [0.15, 0.2) is 40.9 Å². The average Bonchev–Trinajstić information content (AvgIpc) is 3.23. The monoisotopic (exact) mass is 273 g/mol. The summed E-state index contributed by atoms with van der Waals surface area (Å²) in [6.45, 7) is 2.03. The van der Waals surface area contributed by atoms with E-state index in [1.165, 1.54) is 18.4 Å². The SMILES string of the molecule is C/C(=C\NC(=O)Nc1ccc(SC#N)cc1)C1CC1. The van der Waals surface area contributed by atoms with Crippen molar-refractivity contribution in [3.63, 3.8) is 0 Å². The number of nitriles is 1. The summed E-state index contributed by atoms with van der Waals surface area (Å²) in [7, 11) is 0. The van der Waals surface area contributed by atoms with Crippen LogP contribution in [0.2, 0.25) is 0 Å². The zero-order chi connectivity index (χ0) is 13.7. The first-order valence-electron chi connectivity index (χ1n) is 6.09. The van der Waals surface area contributed by atoms with Gasteiger partial charge in [0.2, 0.25) is 0 Å². The lowest BCUT2D eigenvalue weighted by molar-refractivity contribution is 0.255. The van der Waals surface area contributed by atoms with Gasteiger partial charge < -0.3 is 10.6 Å². The van der Waals surface area contributed by atoms with Crippen molar-refractivity contribution < 1.29 is 4.79 Å². The number of nitrogens with one attached hydrogen (secondary N) is 2. The fourth-order valence-corrected chi connectivity index (χ4v) is 2.04. The molecule has 0 aromatic heterocycles. The van der Waals surface area contributed by atoms with Crippen molar-refractivity contribution in [1.82, 2.24) is 5.32 Å². The third kappa shape index (κ3) is 4.34. The molecular weight excluding hydrogens is 258 g/mol. The molecule has 0 radical (unpaired) electrons.